The number of ether oxygens (including phenoxy) is 1. The van der Waals surface area contributed by atoms with Gasteiger partial charge in [-0.1, -0.05) is 12.1 Å². The number of carbonyl (C=O) groups excluding carboxylic acids is 1. The van der Waals surface area contributed by atoms with Crippen LogP contribution in [0.4, 0.5) is 15.8 Å². The Labute approximate surface area is 135 Å². The smallest absolute Gasteiger partial charge is 0.243 e. The second kappa shape index (κ2) is 7.63. The number of halogens is 1. The Morgan fingerprint density at radius 3 is 2.70 bits per heavy atom. The minimum Gasteiger partial charge on any atom is -0.495 e. The number of hydrogen-bond acceptors (Lipinski definition) is 3. The number of benzene rings is 2. The summed E-state index contributed by atoms with van der Waals surface area (Å²) >= 11 is 0. The molecule has 0 saturated carbocycles. The molecule has 2 aromatic rings. The SMILES string of the molecule is CCN(CC(=O)Nc1cc(C)ccc1OC)c1cccc(F)c1. The molecule has 0 fully saturated rings. The molecule has 0 unspecified atom stereocenters. The number of anilines is 2. The number of likely N-dealkylation sites (N-methyl/N-ethyl adjacent to an activating group) is 1. The predicted molar refractivity (Wildman–Crippen MR) is 90.6 cm³/mol. The zero-order valence-electron chi connectivity index (χ0n) is 13.6. The van der Waals surface area contributed by atoms with Crippen LogP contribution in [0.5, 0.6) is 5.75 Å². The molecule has 122 valence electrons. The highest BCUT2D eigenvalue weighted by Crippen LogP contribution is 2.25. The maximum Gasteiger partial charge on any atom is 0.243 e. The standard InChI is InChI=1S/C18H21FN2O2/c1-4-21(15-7-5-6-14(19)11-15)12-18(22)20-16-10-13(2)8-9-17(16)23-3/h5-11H,4,12H2,1-3H3,(H,20,22). The molecule has 0 aliphatic rings. The molecule has 0 aliphatic heterocycles. The number of nitrogens with zero attached hydrogens (tertiary/aromatic N) is 1. The van der Waals surface area contributed by atoms with Gasteiger partial charge in [-0.2, -0.15) is 0 Å². The molecule has 0 bridgehead atoms. The van der Waals surface area contributed by atoms with Crippen molar-refractivity contribution >= 4 is 17.3 Å². The molecule has 0 aliphatic carbocycles. The lowest BCUT2D eigenvalue weighted by Crippen LogP contribution is -2.33. The molecular weight excluding hydrogens is 295 g/mol. The molecule has 1 amide bonds. The van der Waals surface area contributed by atoms with E-state index in [4.69, 9.17) is 4.74 Å². The third-order valence-corrected chi connectivity index (χ3v) is 3.52. The van der Waals surface area contributed by atoms with Crippen molar-refractivity contribution in [3.05, 3.63) is 53.8 Å². The number of nitrogens with one attached hydrogen (secondary N) is 1. The molecule has 4 nitrogen and oxygen atoms in total. The van der Waals surface area contributed by atoms with Gasteiger partial charge in [-0.15, -0.1) is 0 Å². The van der Waals surface area contributed by atoms with E-state index in [2.05, 4.69) is 5.32 Å². The van der Waals surface area contributed by atoms with E-state index in [0.29, 0.717) is 23.7 Å². The van der Waals surface area contributed by atoms with Crippen molar-refractivity contribution in [1.82, 2.24) is 0 Å². The largest absolute Gasteiger partial charge is 0.495 e. The highest BCUT2D eigenvalue weighted by molar-refractivity contribution is 5.95. The second-order valence-corrected chi connectivity index (χ2v) is 5.25. The summed E-state index contributed by atoms with van der Waals surface area (Å²) in [5.41, 5.74) is 2.34. The van der Waals surface area contributed by atoms with E-state index >= 15 is 0 Å². The fourth-order valence-corrected chi connectivity index (χ4v) is 2.34. The third-order valence-electron chi connectivity index (χ3n) is 3.52. The van der Waals surface area contributed by atoms with Gasteiger partial charge in [-0.3, -0.25) is 4.79 Å². The maximum atomic E-state index is 13.3. The van der Waals surface area contributed by atoms with Crippen LogP contribution in [0.25, 0.3) is 0 Å². The van der Waals surface area contributed by atoms with E-state index < -0.39 is 0 Å². The molecule has 0 radical (unpaired) electrons. The van der Waals surface area contributed by atoms with Crippen molar-refractivity contribution < 1.29 is 13.9 Å². The monoisotopic (exact) mass is 316 g/mol. The highest BCUT2D eigenvalue weighted by atomic mass is 19.1. The average Bonchev–Trinajstić information content (AvgIpc) is 2.53. The van der Waals surface area contributed by atoms with Gasteiger partial charge in [0.1, 0.15) is 11.6 Å². The quantitative estimate of drug-likeness (QED) is 0.885. The van der Waals surface area contributed by atoms with Crippen LogP contribution in [-0.2, 0) is 4.79 Å². The Hall–Kier alpha value is -2.56. The molecule has 1 N–H and O–H groups in total. The van der Waals surface area contributed by atoms with Crippen LogP contribution in [0.3, 0.4) is 0 Å². The number of amides is 1. The van der Waals surface area contributed by atoms with E-state index in [1.54, 1.807) is 24.1 Å². The first-order valence-corrected chi connectivity index (χ1v) is 7.48. The normalized spacial score (nSPS) is 10.3. The number of methoxy groups -OCH3 is 1. The fourth-order valence-electron chi connectivity index (χ4n) is 2.34. The summed E-state index contributed by atoms with van der Waals surface area (Å²) < 4.78 is 18.6. The molecule has 0 spiro atoms. The van der Waals surface area contributed by atoms with E-state index in [-0.39, 0.29) is 18.3 Å². The molecule has 23 heavy (non-hydrogen) atoms. The van der Waals surface area contributed by atoms with Gasteiger partial charge >= 0.3 is 0 Å². The first-order chi connectivity index (χ1) is 11.0. The summed E-state index contributed by atoms with van der Waals surface area (Å²) in [4.78, 5) is 14.1. The fraction of sp³-hybridized carbons (Fsp3) is 0.278. The summed E-state index contributed by atoms with van der Waals surface area (Å²) in [7, 11) is 1.56. The molecular formula is C18H21FN2O2. The maximum absolute atomic E-state index is 13.3. The Morgan fingerprint density at radius 1 is 1.26 bits per heavy atom. The zero-order valence-corrected chi connectivity index (χ0v) is 13.6. The third kappa shape index (κ3) is 4.45. The molecule has 0 heterocycles. The van der Waals surface area contributed by atoms with E-state index in [9.17, 15) is 9.18 Å². The van der Waals surface area contributed by atoms with E-state index in [0.717, 1.165) is 5.56 Å². The Balaban J connectivity index is 2.10. The lowest BCUT2D eigenvalue weighted by Gasteiger charge is -2.22. The average molecular weight is 316 g/mol. The number of rotatable bonds is 6. The molecule has 5 heteroatoms. The number of hydrogen-bond donors (Lipinski definition) is 1. The van der Waals surface area contributed by atoms with Crippen LogP contribution in [0, 0.1) is 12.7 Å². The van der Waals surface area contributed by atoms with Crippen molar-refractivity contribution in [2.75, 3.05) is 30.4 Å². The van der Waals surface area contributed by atoms with E-state index in [1.165, 1.54) is 12.1 Å². The van der Waals surface area contributed by atoms with Crippen LogP contribution < -0.4 is 15.0 Å². The van der Waals surface area contributed by atoms with Crippen molar-refractivity contribution in [3.63, 3.8) is 0 Å². The second-order valence-electron chi connectivity index (χ2n) is 5.25. The Bertz CT molecular complexity index is 688. The topological polar surface area (TPSA) is 41.6 Å². The molecule has 2 rings (SSSR count). The van der Waals surface area contributed by atoms with Crippen molar-refractivity contribution in [2.24, 2.45) is 0 Å². The molecule has 0 atom stereocenters. The summed E-state index contributed by atoms with van der Waals surface area (Å²) in [6.07, 6.45) is 0. The van der Waals surface area contributed by atoms with Gasteiger partial charge in [0.25, 0.3) is 0 Å². The lowest BCUT2D eigenvalue weighted by atomic mass is 10.2. The van der Waals surface area contributed by atoms with Gasteiger partial charge in [0.2, 0.25) is 5.91 Å². The van der Waals surface area contributed by atoms with Crippen LogP contribution in [0.15, 0.2) is 42.5 Å². The Morgan fingerprint density at radius 2 is 2.04 bits per heavy atom. The first-order valence-electron chi connectivity index (χ1n) is 7.48. The first kappa shape index (κ1) is 16.8. The van der Waals surface area contributed by atoms with Crippen molar-refractivity contribution in [3.8, 4) is 5.75 Å². The van der Waals surface area contributed by atoms with Gasteiger partial charge < -0.3 is 15.0 Å². The summed E-state index contributed by atoms with van der Waals surface area (Å²) in [5.74, 6) is 0.111. The van der Waals surface area contributed by atoms with Crippen LogP contribution in [-0.4, -0.2) is 26.1 Å². The lowest BCUT2D eigenvalue weighted by molar-refractivity contribution is -0.115. The van der Waals surface area contributed by atoms with Crippen LogP contribution in [0.2, 0.25) is 0 Å². The van der Waals surface area contributed by atoms with E-state index in [1.807, 2.05) is 32.0 Å². The van der Waals surface area contributed by atoms with Crippen LogP contribution >= 0.6 is 0 Å². The summed E-state index contributed by atoms with van der Waals surface area (Å²) in [6, 6.07) is 11.8. The minimum atomic E-state index is -0.318. The molecule has 0 aromatic heterocycles. The van der Waals surface area contributed by atoms with Gasteiger partial charge in [-0.25, -0.2) is 4.39 Å². The van der Waals surface area contributed by atoms with Gasteiger partial charge in [0.05, 0.1) is 19.3 Å². The highest BCUT2D eigenvalue weighted by Gasteiger charge is 2.13. The van der Waals surface area contributed by atoms with Gasteiger partial charge in [-0.05, 0) is 49.7 Å². The van der Waals surface area contributed by atoms with Crippen molar-refractivity contribution in [2.45, 2.75) is 13.8 Å². The molecule has 2 aromatic carbocycles. The van der Waals surface area contributed by atoms with Gasteiger partial charge in [0.15, 0.2) is 0 Å². The number of aryl methyl sites for hydroxylation is 1. The predicted octanol–water partition coefficient (Wildman–Crippen LogP) is 3.61. The zero-order chi connectivity index (χ0) is 16.8. The van der Waals surface area contributed by atoms with Crippen molar-refractivity contribution in [1.29, 1.82) is 0 Å². The molecule has 0 saturated heterocycles. The number of carbonyl (C=O) groups is 1. The minimum absolute atomic E-state index is 0.136. The summed E-state index contributed by atoms with van der Waals surface area (Å²) in [6.45, 7) is 4.60. The summed E-state index contributed by atoms with van der Waals surface area (Å²) in [5, 5.41) is 2.85. The van der Waals surface area contributed by atoms with Gasteiger partial charge in [0, 0.05) is 12.2 Å². The van der Waals surface area contributed by atoms with Crippen LogP contribution in [0.1, 0.15) is 12.5 Å². The Kier molecular flexibility index (Phi) is 5.57.